The number of nitrogens with zero attached hydrogens (tertiary/aromatic N) is 2. The van der Waals surface area contributed by atoms with Crippen LogP contribution >= 0.6 is 0 Å². The van der Waals surface area contributed by atoms with Gasteiger partial charge in [-0.05, 0) is 35.9 Å². The highest BCUT2D eigenvalue weighted by atomic mass is 16.6. The molecule has 2 heterocycles. The van der Waals surface area contributed by atoms with Crippen LogP contribution in [-0.4, -0.2) is 15.5 Å². The Hall–Kier alpha value is -3.68. The fraction of sp³-hybridized carbons (Fsp3) is 0.111. The van der Waals surface area contributed by atoms with E-state index < -0.39 is 10.9 Å². The number of nitro groups is 1. The highest BCUT2D eigenvalue weighted by Gasteiger charge is 2.14. The number of hydrogen-bond acceptors (Lipinski definition) is 6. The number of esters is 1. The van der Waals surface area contributed by atoms with Crippen LogP contribution in [0.3, 0.4) is 0 Å². The van der Waals surface area contributed by atoms with Crippen LogP contribution in [0.5, 0.6) is 0 Å². The number of benzene rings is 1. The van der Waals surface area contributed by atoms with Crippen LogP contribution in [0.4, 0.5) is 5.69 Å². The van der Waals surface area contributed by atoms with Gasteiger partial charge >= 0.3 is 5.97 Å². The number of aromatic nitrogens is 1. The standard InChI is InChI=1S/C18H14N2O6/c21-17-3-1-2-10-19(17)11-15-8-9-16(26-15)18(22)25-12-13-4-6-14(7-5-13)20(23)24/h1-10H,11-12H2. The summed E-state index contributed by atoms with van der Waals surface area (Å²) >= 11 is 0. The van der Waals surface area contributed by atoms with Crippen LogP contribution in [0.25, 0.3) is 0 Å². The summed E-state index contributed by atoms with van der Waals surface area (Å²) in [4.78, 5) is 33.8. The Morgan fingerprint density at radius 1 is 1.12 bits per heavy atom. The van der Waals surface area contributed by atoms with Gasteiger partial charge in [-0.15, -0.1) is 0 Å². The molecule has 26 heavy (non-hydrogen) atoms. The molecule has 2 aromatic heterocycles. The van der Waals surface area contributed by atoms with Gasteiger partial charge in [-0.2, -0.15) is 0 Å². The number of nitro benzene ring substituents is 1. The second-order valence-corrected chi connectivity index (χ2v) is 5.43. The van der Waals surface area contributed by atoms with Crippen molar-refractivity contribution in [2.75, 3.05) is 0 Å². The predicted octanol–water partition coefficient (Wildman–Crippen LogP) is 2.75. The van der Waals surface area contributed by atoms with Crippen LogP contribution in [-0.2, 0) is 17.9 Å². The molecule has 132 valence electrons. The van der Waals surface area contributed by atoms with Crippen LogP contribution in [0.2, 0.25) is 0 Å². The molecule has 0 aliphatic rings. The van der Waals surface area contributed by atoms with Crippen molar-refractivity contribution >= 4 is 11.7 Å². The monoisotopic (exact) mass is 354 g/mol. The Labute approximate surface area is 147 Å². The average Bonchev–Trinajstić information content (AvgIpc) is 3.10. The lowest BCUT2D eigenvalue weighted by atomic mass is 10.2. The molecule has 8 heteroatoms. The Kier molecular flexibility index (Phi) is 4.93. The van der Waals surface area contributed by atoms with Crippen LogP contribution in [0.1, 0.15) is 21.9 Å². The molecule has 0 saturated heterocycles. The molecule has 0 fully saturated rings. The van der Waals surface area contributed by atoms with Crippen LogP contribution in [0, 0.1) is 10.1 Å². The Balaban J connectivity index is 1.60. The van der Waals surface area contributed by atoms with E-state index in [4.69, 9.17) is 9.15 Å². The molecule has 0 atom stereocenters. The molecule has 8 nitrogen and oxygen atoms in total. The Bertz CT molecular complexity index is 987. The minimum absolute atomic E-state index is 0.0193. The van der Waals surface area contributed by atoms with Gasteiger partial charge in [0.15, 0.2) is 0 Å². The molecule has 0 N–H and O–H groups in total. The molecule has 0 bridgehead atoms. The van der Waals surface area contributed by atoms with Crippen molar-refractivity contribution in [1.82, 2.24) is 4.57 Å². The molecule has 0 spiro atoms. The lowest BCUT2D eigenvalue weighted by Gasteiger charge is -2.04. The normalized spacial score (nSPS) is 10.5. The number of carbonyl (C=O) groups is 1. The number of carbonyl (C=O) groups excluding carboxylic acids is 1. The minimum atomic E-state index is -0.657. The predicted molar refractivity (Wildman–Crippen MR) is 90.7 cm³/mol. The first-order valence-corrected chi connectivity index (χ1v) is 7.67. The molecule has 0 aliphatic heterocycles. The third-order valence-electron chi connectivity index (χ3n) is 3.61. The van der Waals surface area contributed by atoms with Crippen molar-refractivity contribution in [1.29, 1.82) is 0 Å². The molecule has 0 unspecified atom stereocenters. The maximum absolute atomic E-state index is 12.0. The maximum atomic E-state index is 12.0. The fourth-order valence-corrected chi connectivity index (χ4v) is 2.27. The van der Waals surface area contributed by atoms with Gasteiger partial charge in [0, 0.05) is 24.4 Å². The molecule has 0 saturated carbocycles. The quantitative estimate of drug-likeness (QED) is 0.383. The van der Waals surface area contributed by atoms with E-state index in [0.29, 0.717) is 11.3 Å². The van der Waals surface area contributed by atoms with Crippen molar-refractivity contribution in [2.24, 2.45) is 0 Å². The zero-order valence-electron chi connectivity index (χ0n) is 13.5. The van der Waals surface area contributed by atoms with Crippen molar-refractivity contribution in [3.05, 3.63) is 98.3 Å². The van der Waals surface area contributed by atoms with Gasteiger partial charge < -0.3 is 13.7 Å². The van der Waals surface area contributed by atoms with E-state index in [1.807, 2.05) is 0 Å². The SMILES string of the molecule is O=C(OCc1ccc([N+](=O)[O-])cc1)c1ccc(Cn2ccccc2=O)o1. The molecular weight excluding hydrogens is 340 g/mol. The molecule has 0 aliphatic carbocycles. The van der Waals surface area contributed by atoms with Gasteiger partial charge in [0.05, 0.1) is 11.5 Å². The smallest absolute Gasteiger partial charge is 0.374 e. The summed E-state index contributed by atoms with van der Waals surface area (Å²) in [5.74, 6) is -0.193. The van der Waals surface area contributed by atoms with E-state index in [2.05, 4.69) is 0 Å². The van der Waals surface area contributed by atoms with Gasteiger partial charge in [-0.25, -0.2) is 4.79 Å². The van der Waals surface area contributed by atoms with E-state index in [1.54, 1.807) is 24.4 Å². The maximum Gasteiger partial charge on any atom is 0.374 e. The number of hydrogen-bond donors (Lipinski definition) is 0. The third kappa shape index (κ3) is 4.04. The second kappa shape index (κ2) is 7.47. The van der Waals surface area contributed by atoms with Gasteiger partial charge in [0.2, 0.25) is 5.76 Å². The molecule has 1 aromatic carbocycles. The second-order valence-electron chi connectivity index (χ2n) is 5.43. The highest BCUT2D eigenvalue weighted by Crippen LogP contribution is 2.14. The van der Waals surface area contributed by atoms with E-state index in [9.17, 15) is 19.7 Å². The summed E-state index contributed by atoms with van der Waals surface area (Å²) in [6.07, 6.45) is 1.62. The molecular formula is C18H14N2O6. The molecule has 3 rings (SSSR count). The Morgan fingerprint density at radius 3 is 2.58 bits per heavy atom. The van der Waals surface area contributed by atoms with Gasteiger partial charge in [-0.1, -0.05) is 6.07 Å². The van der Waals surface area contributed by atoms with Crippen molar-refractivity contribution in [2.45, 2.75) is 13.2 Å². The van der Waals surface area contributed by atoms with E-state index in [1.165, 1.54) is 41.0 Å². The fourth-order valence-electron chi connectivity index (χ4n) is 2.27. The third-order valence-corrected chi connectivity index (χ3v) is 3.61. The first-order chi connectivity index (χ1) is 12.5. The van der Waals surface area contributed by atoms with Crippen LogP contribution in [0.15, 0.2) is 70.0 Å². The average molecular weight is 354 g/mol. The van der Waals surface area contributed by atoms with E-state index in [-0.39, 0.29) is 30.2 Å². The van der Waals surface area contributed by atoms with E-state index in [0.717, 1.165) is 0 Å². The van der Waals surface area contributed by atoms with E-state index >= 15 is 0 Å². The van der Waals surface area contributed by atoms with Crippen molar-refractivity contribution in [3.63, 3.8) is 0 Å². The number of rotatable bonds is 6. The van der Waals surface area contributed by atoms with Crippen LogP contribution < -0.4 is 5.56 Å². The zero-order chi connectivity index (χ0) is 18.5. The number of pyridine rings is 1. The lowest BCUT2D eigenvalue weighted by Crippen LogP contribution is -2.17. The van der Waals surface area contributed by atoms with Crippen molar-refractivity contribution < 1.29 is 18.9 Å². The Morgan fingerprint density at radius 2 is 1.88 bits per heavy atom. The summed E-state index contributed by atoms with van der Waals surface area (Å²) < 4.78 is 12.0. The molecule has 0 amide bonds. The summed E-state index contributed by atoms with van der Waals surface area (Å²) in [6.45, 7) is 0.167. The van der Waals surface area contributed by atoms with Crippen molar-refractivity contribution in [3.8, 4) is 0 Å². The van der Waals surface area contributed by atoms with Gasteiger partial charge in [0.1, 0.15) is 12.4 Å². The molecule has 0 radical (unpaired) electrons. The highest BCUT2D eigenvalue weighted by molar-refractivity contribution is 5.86. The van der Waals surface area contributed by atoms with Gasteiger partial charge in [-0.3, -0.25) is 14.9 Å². The first-order valence-electron chi connectivity index (χ1n) is 7.67. The number of non-ortho nitro benzene ring substituents is 1. The number of furan rings is 1. The summed E-state index contributed by atoms with van der Waals surface area (Å²) in [5.41, 5.74) is 0.407. The topological polar surface area (TPSA) is 105 Å². The minimum Gasteiger partial charge on any atom is -0.455 e. The molecule has 3 aromatic rings. The van der Waals surface area contributed by atoms with Gasteiger partial charge in [0.25, 0.3) is 11.2 Å². The summed E-state index contributed by atoms with van der Waals surface area (Å²) in [6, 6.07) is 13.6. The summed E-state index contributed by atoms with van der Waals surface area (Å²) in [5, 5.41) is 10.6. The summed E-state index contributed by atoms with van der Waals surface area (Å²) in [7, 11) is 0. The number of ether oxygens (including phenoxy) is 1. The largest absolute Gasteiger partial charge is 0.455 e. The lowest BCUT2D eigenvalue weighted by molar-refractivity contribution is -0.384. The zero-order valence-corrected chi connectivity index (χ0v) is 13.5. The first kappa shape index (κ1) is 17.2.